The van der Waals surface area contributed by atoms with E-state index in [0.29, 0.717) is 29.1 Å². The van der Waals surface area contributed by atoms with E-state index >= 15 is 0 Å². The Hall–Kier alpha value is -3.12. The highest BCUT2D eigenvalue weighted by molar-refractivity contribution is 5.92. The van der Waals surface area contributed by atoms with Crippen molar-refractivity contribution >= 4 is 16.9 Å². The summed E-state index contributed by atoms with van der Waals surface area (Å²) in [6, 6.07) is 12.4. The first kappa shape index (κ1) is 19.8. The molecule has 2 aromatic carbocycles. The lowest BCUT2D eigenvalue weighted by molar-refractivity contribution is 0.0455. The van der Waals surface area contributed by atoms with Gasteiger partial charge in [-0.2, -0.15) is 0 Å². The van der Waals surface area contributed by atoms with Crippen LogP contribution in [0.1, 0.15) is 46.3 Å². The molecule has 3 aromatic rings. The van der Waals surface area contributed by atoms with Crippen molar-refractivity contribution in [3.05, 3.63) is 75.1 Å². The van der Waals surface area contributed by atoms with Crippen LogP contribution in [-0.4, -0.2) is 25.3 Å². The van der Waals surface area contributed by atoms with Crippen molar-refractivity contribution in [2.24, 2.45) is 0 Å². The standard InChI is InChI=1S/C25H24O6/c26-24-13-18(21-11-16-5-3-6-17(16)12-23(21)31-24)14-30-25(27)20-8-1-2-9-22(20)29-15-19-7-4-10-28-19/h1-2,8-9,11-13,19H,3-7,10,14-15H2/t19-/m1/s1. The maximum atomic E-state index is 12.8. The average molecular weight is 420 g/mol. The van der Waals surface area contributed by atoms with E-state index in [-0.39, 0.29) is 12.7 Å². The van der Waals surface area contributed by atoms with Crippen molar-refractivity contribution in [2.75, 3.05) is 13.2 Å². The fraction of sp³-hybridized carbons (Fsp3) is 0.360. The van der Waals surface area contributed by atoms with Crippen molar-refractivity contribution in [3.63, 3.8) is 0 Å². The molecule has 6 heteroatoms. The number of para-hydroxylation sites is 1. The van der Waals surface area contributed by atoms with Crippen LogP contribution in [-0.2, 0) is 28.9 Å². The molecule has 0 radical (unpaired) electrons. The quantitative estimate of drug-likeness (QED) is 0.440. The van der Waals surface area contributed by atoms with Crippen LogP contribution >= 0.6 is 0 Å². The molecule has 1 aliphatic heterocycles. The van der Waals surface area contributed by atoms with E-state index in [9.17, 15) is 9.59 Å². The lowest BCUT2D eigenvalue weighted by atomic mass is 10.0. The van der Waals surface area contributed by atoms with Gasteiger partial charge in [0, 0.05) is 23.6 Å². The molecule has 2 aliphatic rings. The number of aryl methyl sites for hydroxylation is 2. The average Bonchev–Trinajstić information content (AvgIpc) is 3.46. The minimum Gasteiger partial charge on any atom is -0.490 e. The summed E-state index contributed by atoms with van der Waals surface area (Å²) < 4.78 is 22.4. The Morgan fingerprint density at radius 2 is 1.90 bits per heavy atom. The van der Waals surface area contributed by atoms with Crippen LogP contribution in [0.3, 0.4) is 0 Å². The van der Waals surface area contributed by atoms with Gasteiger partial charge < -0.3 is 18.6 Å². The number of rotatable bonds is 6. The van der Waals surface area contributed by atoms with Crippen molar-refractivity contribution in [1.82, 2.24) is 0 Å². The summed E-state index contributed by atoms with van der Waals surface area (Å²) in [5.41, 5.74) is 3.58. The molecular weight excluding hydrogens is 396 g/mol. The van der Waals surface area contributed by atoms with Gasteiger partial charge in [0.05, 0.1) is 6.10 Å². The summed E-state index contributed by atoms with van der Waals surface area (Å²) in [6.45, 7) is 1.14. The summed E-state index contributed by atoms with van der Waals surface area (Å²) in [5, 5.41) is 0.816. The Morgan fingerprint density at radius 1 is 1.06 bits per heavy atom. The molecule has 1 saturated heterocycles. The Kier molecular flexibility index (Phi) is 5.47. The molecule has 0 N–H and O–H groups in total. The zero-order valence-electron chi connectivity index (χ0n) is 17.2. The van der Waals surface area contributed by atoms with Crippen LogP contribution in [0, 0.1) is 0 Å². The molecule has 1 atom stereocenters. The molecule has 31 heavy (non-hydrogen) atoms. The van der Waals surface area contributed by atoms with Crippen molar-refractivity contribution in [3.8, 4) is 5.75 Å². The summed E-state index contributed by atoms with van der Waals surface area (Å²) in [6.07, 6.45) is 5.15. The number of carbonyl (C=O) groups excluding carboxylic acids is 1. The van der Waals surface area contributed by atoms with E-state index in [1.807, 2.05) is 12.1 Å². The van der Waals surface area contributed by atoms with Gasteiger partial charge in [-0.05, 0) is 67.5 Å². The van der Waals surface area contributed by atoms with Gasteiger partial charge in [-0.15, -0.1) is 0 Å². The molecule has 160 valence electrons. The molecule has 2 heterocycles. The first-order valence-corrected chi connectivity index (χ1v) is 10.8. The molecule has 0 amide bonds. The Labute approximate surface area is 179 Å². The Morgan fingerprint density at radius 3 is 2.74 bits per heavy atom. The second-order valence-electron chi connectivity index (χ2n) is 8.08. The third-order valence-electron chi connectivity index (χ3n) is 5.96. The number of esters is 1. The molecule has 1 fully saturated rings. The number of carbonyl (C=O) groups is 1. The molecule has 1 aliphatic carbocycles. The van der Waals surface area contributed by atoms with Crippen molar-refractivity contribution < 1.29 is 23.4 Å². The zero-order valence-corrected chi connectivity index (χ0v) is 17.2. The van der Waals surface area contributed by atoms with Gasteiger partial charge in [-0.1, -0.05) is 12.1 Å². The van der Waals surface area contributed by atoms with E-state index in [2.05, 4.69) is 6.07 Å². The van der Waals surface area contributed by atoms with Crippen molar-refractivity contribution in [1.29, 1.82) is 0 Å². The SMILES string of the molecule is O=C(OCc1cc(=O)oc2cc3c(cc12)CCC3)c1ccccc1OC[C@H]1CCCO1. The highest BCUT2D eigenvalue weighted by atomic mass is 16.5. The monoisotopic (exact) mass is 420 g/mol. The number of fused-ring (bicyclic) bond motifs is 2. The van der Waals surface area contributed by atoms with Crippen LogP contribution in [0.2, 0.25) is 0 Å². The largest absolute Gasteiger partial charge is 0.490 e. The lowest BCUT2D eigenvalue weighted by Gasteiger charge is -2.14. The lowest BCUT2D eigenvalue weighted by Crippen LogP contribution is -2.18. The molecule has 5 rings (SSSR count). The smallest absolute Gasteiger partial charge is 0.342 e. The normalized spacial score (nSPS) is 17.6. The minimum absolute atomic E-state index is 0.0141. The van der Waals surface area contributed by atoms with Crippen LogP contribution in [0.25, 0.3) is 11.0 Å². The Balaban J connectivity index is 1.34. The van der Waals surface area contributed by atoms with E-state index in [0.717, 1.165) is 44.1 Å². The van der Waals surface area contributed by atoms with Crippen LogP contribution < -0.4 is 10.4 Å². The minimum atomic E-state index is -0.495. The van der Waals surface area contributed by atoms with Crippen LogP contribution in [0.15, 0.2) is 51.7 Å². The van der Waals surface area contributed by atoms with Gasteiger partial charge in [0.15, 0.2) is 0 Å². The van der Waals surface area contributed by atoms with E-state index in [4.69, 9.17) is 18.6 Å². The predicted molar refractivity (Wildman–Crippen MR) is 115 cm³/mol. The second-order valence-corrected chi connectivity index (χ2v) is 8.08. The molecule has 0 bridgehead atoms. The first-order chi connectivity index (χ1) is 15.2. The highest BCUT2D eigenvalue weighted by Gasteiger charge is 2.20. The van der Waals surface area contributed by atoms with E-state index in [1.54, 1.807) is 18.2 Å². The number of hydrogen-bond acceptors (Lipinski definition) is 6. The molecule has 6 nitrogen and oxygen atoms in total. The number of benzene rings is 2. The van der Waals surface area contributed by atoms with Gasteiger partial charge >= 0.3 is 11.6 Å². The highest BCUT2D eigenvalue weighted by Crippen LogP contribution is 2.29. The van der Waals surface area contributed by atoms with Crippen molar-refractivity contribution in [2.45, 2.75) is 44.8 Å². The summed E-state index contributed by atoms with van der Waals surface area (Å²) in [4.78, 5) is 24.9. The first-order valence-electron chi connectivity index (χ1n) is 10.8. The van der Waals surface area contributed by atoms with Crippen LogP contribution in [0.5, 0.6) is 5.75 Å². The Bertz CT molecular complexity index is 1170. The summed E-state index contributed by atoms with van der Waals surface area (Å²) in [7, 11) is 0. The van der Waals surface area contributed by atoms with Gasteiger partial charge in [0.1, 0.15) is 30.1 Å². The predicted octanol–water partition coefficient (Wildman–Crippen LogP) is 4.20. The number of ether oxygens (including phenoxy) is 3. The van der Waals surface area contributed by atoms with Gasteiger partial charge in [-0.25, -0.2) is 9.59 Å². The van der Waals surface area contributed by atoms with E-state index < -0.39 is 11.6 Å². The maximum Gasteiger partial charge on any atom is 0.342 e. The maximum absolute atomic E-state index is 12.8. The van der Waals surface area contributed by atoms with E-state index in [1.165, 1.54) is 17.2 Å². The number of hydrogen-bond donors (Lipinski definition) is 0. The zero-order chi connectivity index (χ0) is 21.2. The molecule has 0 unspecified atom stereocenters. The second kappa shape index (κ2) is 8.55. The summed E-state index contributed by atoms with van der Waals surface area (Å²) in [5.74, 6) is -0.0243. The van der Waals surface area contributed by atoms with Crippen LogP contribution in [0.4, 0.5) is 0 Å². The molecule has 0 saturated carbocycles. The third-order valence-corrected chi connectivity index (χ3v) is 5.96. The molecule has 1 aromatic heterocycles. The fourth-order valence-electron chi connectivity index (χ4n) is 4.35. The third kappa shape index (κ3) is 4.21. The molecular formula is C25H24O6. The fourth-order valence-corrected chi connectivity index (χ4v) is 4.35. The van der Waals surface area contributed by atoms with Gasteiger partial charge in [-0.3, -0.25) is 0 Å². The molecule has 0 spiro atoms. The summed E-state index contributed by atoms with van der Waals surface area (Å²) >= 11 is 0. The van der Waals surface area contributed by atoms with Gasteiger partial charge in [0.25, 0.3) is 0 Å². The van der Waals surface area contributed by atoms with Gasteiger partial charge in [0.2, 0.25) is 0 Å². The topological polar surface area (TPSA) is 75.0 Å².